The molecule has 0 aliphatic rings. The van der Waals surface area contributed by atoms with Crippen molar-refractivity contribution in [2.75, 3.05) is 37.4 Å². The third-order valence-corrected chi connectivity index (χ3v) is 2.39. The van der Waals surface area contributed by atoms with Crippen LogP contribution in [0.5, 0.6) is 0 Å². The Balaban J connectivity index is 2.72. The van der Waals surface area contributed by atoms with Crippen molar-refractivity contribution in [2.45, 2.75) is 13.3 Å². The van der Waals surface area contributed by atoms with E-state index >= 15 is 0 Å². The first kappa shape index (κ1) is 14.4. The van der Waals surface area contributed by atoms with Crippen molar-refractivity contribution in [2.24, 2.45) is 0 Å². The first-order valence-electron chi connectivity index (χ1n) is 5.64. The molecule has 1 heterocycles. The summed E-state index contributed by atoms with van der Waals surface area (Å²) in [6, 6.07) is 0. The number of halogens is 1. The Kier molecular flexibility index (Phi) is 5.57. The molecule has 1 rings (SSSR count). The number of amides is 1. The lowest BCUT2D eigenvalue weighted by molar-refractivity contribution is -0.120. The summed E-state index contributed by atoms with van der Waals surface area (Å²) >= 11 is 5.81. The molecular weight excluding hydrogens is 256 g/mol. The third kappa shape index (κ3) is 4.33. The SMILES string of the molecule is CCNc1nc(Cl)nc(N(C)CCC(=O)NC)n1. The van der Waals surface area contributed by atoms with Gasteiger partial charge in [0, 0.05) is 33.6 Å². The highest BCUT2D eigenvalue weighted by molar-refractivity contribution is 6.28. The molecule has 0 unspecified atom stereocenters. The number of hydrogen-bond acceptors (Lipinski definition) is 6. The standard InChI is InChI=1S/C10H17ClN6O/c1-4-13-9-14-8(11)15-10(16-9)17(3)6-5-7(18)12-2/h4-6H2,1-3H3,(H,12,18)(H,13,14,15,16). The van der Waals surface area contributed by atoms with E-state index in [1.807, 2.05) is 6.92 Å². The van der Waals surface area contributed by atoms with Crippen molar-refractivity contribution in [1.82, 2.24) is 20.3 Å². The van der Waals surface area contributed by atoms with Crippen molar-refractivity contribution >= 4 is 29.4 Å². The Morgan fingerprint density at radius 1 is 1.39 bits per heavy atom. The second kappa shape index (κ2) is 6.95. The molecule has 1 aromatic heterocycles. The van der Waals surface area contributed by atoms with Gasteiger partial charge in [-0.15, -0.1) is 0 Å². The van der Waals surface area contributed by atoms with Gasteiger partial charge in [0.15, 0.2) is 0 Å². The number of rotatable bonds is 6. The average molecular weight is 273 g/mol. The quantitative estimate of drug-likeness (QED) is 0.786. The average Bonchev–Trinajstić information content (AvgIpc) is 2.35. The van der Waals surface area contributed by atoms with Crippen molar-refractivity contribution in [3.05, 3.63) is 5.28 Å². The molecule has 18 heavy (non-hydrogen) atoms. The Labute approximate surface area is 111 Å². The van der Waals surface area contributed by atoms with E-state index in [1.165, 1.54) is 0 Å². The molecule has 1 amide bonds. The topological polar surface area (TPSA) is 83.0 Å². The number of carbonyl (C=O) groups is 1. The minimum absolute atomic E-state index is 0.0334. The van der Waals surface area contributed by atoms with Crippen LogP contribution in [0.15, 0.2) is 0 Å². The summed E-state index contributed by atoms with van der Waals surface area (Å²) in [6.07, 6.45) is 0.368. The molecule has 0 atom stereocenters. The number of hydrogen-bond donors (Lipinski definition) is 2. The number of aromatic nitrogens is 3. The molecule has 0 bridgehead atoms. The molecule has 0 aromatic carbocycles. The highest BCUT2D eigenvalue weighted by Crippen LogP contribution is 2.12. The first-order valence-corrected chi connectivity index (χ1v) is 6.01. The first-order chi connectivity index (χ1) is 8.56. The summed E-state index contributed by atoms with van der Waals surface area (Å²) in [4.78, 5) is 25.1. The van der Waals surface area contributed by atoms with E-state index in [0.29, 0.717) is 31.4 Å². The van der Waals surface area contributed by atoms with Crippen molar-refractivity contribution < 1.29 is 4.79 Å². The van der Waals surface area contributed by atoms with Gasteiger partial charge in [-0.2, -0.15) is 15.0 Å². The molecule has 0 aliphatic heterocycles. The molecule has 2 N–H and O–H groups in total. The van der Waals surface area contributed by atoms with Gasteiger partial charge in [-0.3, -0.25) is 4.79 Å². The maximum atomic E-state index is 11.2. The van der Waals surface area contributed by atoms with Crippen molar-refractivity contribution in [1.29, 1.82) is 0 Å². The molecule has 0 spiro atoms. The van der Waals surface area contributed by atoms with E-state index in [-0.39, 0.29) is 11.2 Å². The Bertz CT molecular complexity index is 413. The minimum atomic E-state index is -0.0334. The van der Waals surface area contributed by atoms with Crippen LogP contribution in [0.25, 0.3) is 0 Å². The van der Waals surface area contributed by atoms with Crippen LogP contribution in [0.1, 0.15) is 13.3 Å². The van der Waals surface area contributed by atoms with Gasteiger partial charge in [-0.05, 0) is 18.5 Å². The van der Waals surface area contributed by atoms with Crippen LogP contribution in [-0.4, -0.2) is 48.0 Å². The predicted octanol–water partition coefficient (Wildman–Crippen LogP) is 0.529. The van der Waals surface area contributed by atoms with Crippen LogP contribution in [-0.2, 0) is 4.79 Å². The van der Waals surface area contributed by atoms with E-state index in [4.69, 9.17) is 11.6 Å². The zero-order valence-corrected chi connectivity index (χ0v) is 11.5. The van der Waals surface area contributed by atoms with E-state index < -0.39 is 0 Å². The minimum Gasteiger partial charge on any atom is -0.359 e. The van der Waals surface area contributed by atoms with Gasteiger partial charge in [0.1, 0.15) is 0 Å². The van der Waals surface area contributed by atoms with Crippen LogP contribution in [0.2, 0.25) is 5.28 Å². The molecule has 0 radical (unpaired) electrons. The van der Waals surface area contributed by atoms with Gasteiger partial charge in [-0.25, -0.2) is 0 Å². The second-order valence-electron chi connectivity index (χ2n) is 3.60. The molecule has 7 nitrogen and oxygen atoms in total. The number of carbonyl (C=O) groups excluding carboxylic acids is 1. The van der Waals surface area contributed by atoms with Gasteiger partial charge >= 0.3 is 0 Å². The van der Waals surface area contributed by atoms with Crippen LogP contribution >= 0.6 is 11.6 Å². The van der Waals surface area contributed by atoms with Gasteiger partial charge in [0.2, 0.25) is 23.1 Å². The smallest absolute Gasteiger partial charge is 0.231 e. The molecule has 100 valence electrons. The fraction of sp³-hybridized carbons (Fsp3) is 0.600. The van der Waals surface area contributed by atoms with Crippen LogP contribution < -0.4 is 15.5 Å². The van der Waals surface area contributed by atoms with Crippen molar-refractivity contribution in [3.63, 3.8) is 0 Å². The molecule has 0 saturated carbocycles. The van der Waals surface area contributed by atoms with E-state index in [9.17, 15) is 4.79 Å². The number of anilines is 2. The van der Waals surface area contributed by atoms with E-state index in [1.54, 1.807) is 19.0 Å². The van der Waals surface area contributed by atoms with Crippen LogP contribution in [0.4, 0.5) is 11.9 Å². The molecule has 0 saturated heterocycles. The Morgan fingerprint density at radius 3 is 2.72 bits per heavy atom. The second-order valence-corrected chi connectivity index (χ2v) is 3.94. The zero-order valence-electron chi connectivity index (χ0n) is 10.7. The highest BCUT2D eigenvalue weighted by Gasteiger charge is 2.10. The van der Waals surface area contributed by atoms with Gasteiger partial charge < -0.3 is 15.5 Å². The maximum absolute atomic E-state index is 11.2. The largest absolute Gasteiger partial charge is 0.359 e. The highest BCUT2D eigenvalue weighted by atomic mass is 35.5. The summed E-state index contributed by atoms with van der Waals surface area (Å²) in [5, 5.41) is 5.65. The monoisotopic (exact) mass is 272 g/mol. The summed E-state index contributed by atoms with van der Waals surface area (Å²) in [5.41, 5.74) is 0. The van der Waals surface area contributed by atoms with E-state index in [0.717, 1.165) is 0 Å². The lowest BCUT2D eigenvalue weighted by atomic mass is 10.4. The summed E-state index contributed by atoms with van der Waals surface area (Å²) < 4.78 is 0. The fourth-order valence-corrected chi connectivity index (χ4v) is 1.40. The lowest BCUT2D eigenvalue weighted by Gasteiger charge is -2.17. The van der Waals surface area contributed by atoms with E-state index in [2.05, 4.69) is 25.6 Å². The molecular formula is C10H17ClN6O. The van der Waals surface area contributed by atoms with Crippen molar-refractivity contribution in [3.8, 4) is 0 Å². The van der Waals surface area contributed by atoms with Gasteiger partial charge in [-0.1, -0.05) is 0 Å². The number of nitrogens with one attached hydrogen (secondary N) is 2. The van der Waals surface area contributed by atoms with Gasteiger partial charge in [0.05, 0.1) is 0 Å². The molecule has 1 aromatic rings. The molecule has 8 heteroatoms. The zero-order chi connectivity index (χ0) is 13.5. The molecule has 0 aliphatic carbocycles. The van der Waals surface area contributed by atoms with Gasteiger partial charge in [0.25, 0.3) is 0 Å². The maximum Gasteiger partial charge on any atom is 0.231 e. The molecule has 0 fully saturated rings. The third-order valence-electron chi connectivity index (χ3n) is 2.23. The fourth-order valence-electron chi connectivity index (χ4n) is 1.24. The number of nitrogens with zero attached hydrogens (tertiary/aromatic N) is 4. The van der Waals surface area contributed by atoms with Crippen LogP contribution in [0.3, 0.4) is 0 Å². The summed E-state index contributed by atoms with van der Waals surface area (Å²) in [6.45, 7) is 3.14. The Hall–Kier alpha value is -1.63. The summed E-state index contributed by atoms with van der Waals surface area (Å²) in [5.74, 6) is 0.836. The normalized spacial score (nSPS) is 10.0. The van der Waals surface area contributed by atoms with Crippen LogP contribution in [0, 0.1) is 0 Å². The summed E-state index contributed by atoms with van der Waals surface area (Å²) in [7, 11) is 3.40. The Morgan fingerprint density at radius 2 is 2.11 bits per heavy atom. The lowest BCUT2D eigenvalue weighted by Crippen LogP contribution is -2.27. The predicted molar refractivity (Wildman–Crippen MR) is 71.0 cm³/mol.